The number of benzene rings is 2. The van der Waals surface area contributed by atoms with Crippen molar-refractivity contribution >= 4 is 23.4 Å². The SMILES string of the molecule is COC(=O)CN1C(=O)c2ccccc2C1=Nc1ccccc1C. The number of nitrogens with zero attached hydrogens (tertiary/aromatic N) is 2. The number of methoxy groups -OCH3 is 1. The van der Waals surface area contributed by atoms with Crippen molar-refractivity contribution < 1.29 is 14.3 Å². The number of para-hydroxylation sites is 1. The molecule has 0 saturated heterocycles. The van der Waals surface area contributed by atoms with Crippen molar-refractivity contribution in [2.75, 3.05) is 13.7 Å². The summed E-state index contributed by atoms with van der Waals surface area (Å²) in [6.07, 6.45) is 0. The second kappa shape index (κ2) is 6.04. The number of ether oxygens (including phenoxy) is 1. The summed E-state index contributed by atoms with van der Waals surface area (Å²) in [4.78, 5) is 30.2. The zero-order valence-electron chi connectivity index (χ0n) is 12.9. The summed E-state index contributed by atoms with van der Waals surface area (Å²) < 4.78 is 4.69. The molecule has 0 unspecified atom stereocenters. The van der Waals surface area contributed by atoms with Gasteiger partial charge in [0.05, 0.1) is 18.4 Å². The predicted molar refractivity (Wildman–Crippen MR) is 86.9 cm³/mol. The number of carbonyl (C=O) groups is 2. The lowest BCUT2D eigenvalue weighted by Crippen LogP contribution is -2.35. The van der Waals surface area contributed by atoms with Crippen LogP contribution in [-0.2, 0) is 9.53 Å². The fourth-order valence-corrected chi connectivity index (χ4v) is 2.52. The molecule has 1 aliphatic rings. The van der Waals surface area contributed by atoms with E-state index >= 15 is 0 Å². The molecule has 0 spiro atoms. The van der Waals surface area contributed by atoms with Crippen LogP contribution in [0.25, 0.3) is 0 Å². The third-order valence-corrected chi connectivity index (χ3v) is 3.76. The van der Waals surface area contributed by atoms with Gasteiger partial charge in [0.1, 0.15) is 12.4 Å². The molecule has 5 heteroatoms. The zero-order chi connectivity index (χ0) is 16.4. The van der Waals surface area contributed by atoms with E-state index in [0.29, 0.717) is 11.4 Å². The van der Waals surface area contributed by atoms with Gasteiger partial charge in [-0.25, -0.2) is 4.99 Å². The van der Waals surface area contributed by atoms with Gasteiger partial charge in [-0.2, -0.15) is 0 Å². The quantitative estimate of drug-likeness (QED) is 0.819. The molecule has 116 valence electrons. The number of amidine groups is 1. The van der Waals surface area contributed by atoms with Crippen molar-refractivity contribution in [2.24, 2.45) is 4.99 Å². The summed E-state index contributed by atoms with van der Waals surface area (Å²) in [6, 6.07) is 14.9. The van der Waals surface area contributed by atoms with Crippen LogP contribution in [0.4, 0.5) is 5.69 Å². The van der Waals surface area contributed by atoms with Crippen molar-refractivity contribution in [1.82, 2.24) is 4.90 Å². The molecule has 2 aromatic carbocycles. The minimum absolute atomic E-state index is 0.158. The fourth-order valence-electron chi connectivity index (χ4n) is 2.52. The number of fused-ring (bicyclic) bond motifs is 1. The molecule has 0 bridgehead atoms. The monoisotopic (exact) mass is 308 g/mol. The summed E-state index contributed by atoms with van der Waals surface area (Å²) >= 11 is 0. The predicted octanol–water partition coefficient (Wildman–Crippen LogP) is 2.70. The van der Waals surface area contributed by atoms with Gasteiger partial charge in [0, 0.05) is 5.56 Å². The third-order valence-electron chi connectivity index (χ3n) is 3.76. The van der Waals surface area contributed by atoms with Crippen LogP contribution in [-0.4, -0.2) is 36.3 Å². The lowest BCUT2D eigenvalue weighted by atomic mass is 10.1. The molecule has 0 fully saturated rings. The van der Waals surface area contributed by atoms with Crippen LogP contribution < -0.4 is 0 Å². The van der Waals surface area contributed by atoms with Gasteiger partial charge in [0.2, 0.25) is 0 Å². The average Bonchev–Trinajstić information content (AvgIpc) is 2.83. The Morgan fingerprint density at radius 1 is 1.09 bits per heavy atom. The van der Waals surface area contributed by atoms with Crippen molar-refractivity contribution in [2.45, 2.75) is 6.92 Å². The van der Waals surface area contributed by atoms with Crippen molar-refractivity contribution in [3.8, 4) is 0 Å². The molecule has 1 amide bonds. The number of esters is 1. The van der Waals surface area contributed by atoms with Crippen LogP contribution in [0.15, 0.2) is 53.5 Å². The number of aryl methyl sites for hydroxylation is 1. The molecule has 0 radical (unpaired) electrons. The van der Waals surface area contributed by atoms with E-state index in [1.165, 1.54) is 12.0 Å². The summed E-state index contributed by atoms with van der Waals surface area (Å²) in [7, 11) is 1.30. The Balaban J connectivity index is 2.11. The van der Waals surface area contributed by atoms with Crippen LogP contribution in [0.2, 0.25) is 0 Å². The molecular formula is C18H16N2O3. The first-order chi connectivity index (χ1) is 11.1. The topological polar surface area (TPSA) is 59.0 Å². The number of hydrogen-bond donors (Lipinski definition) is 0. The minimum Gasteiger partial charge on any atom is -0.468 e. The van der Waals surface area contributed by atoms with Crippen LogP contribution in [0.3, 0.4) is 0 Å². The first-order valence-corrected chi connectivity index (χ1v) is 7.24. The first-order valence-electron chi connectivity index (χ1n) is 7.24. The second-order valence-electron chi connectivity index (χ2n) is 5.23. The van der Waals surface area contributed by atoms with Crippen LogP contribution in [0.1, 0.15) is 21.5 Å². The summed E-state index contributed by atoms with van der Waals surface area (Å²) in [5.41, 5.74) is 3.03. The summed E-state index contributed by atoms with van der Waals surface area (Å²) in [5, 5.41) is 0. The first kappa shape index (κ1) is 15.0. The summed E-state index contributed by atoms with van der Waals surface area (Å²) in [6.45, 7) is 1.79. The number of carbonyl (C=O) groups excluding carboxylic acids is 2. The maximum Gasteiger partial charge on any atom is 0.325 e. The molecule has 1 heterocycles. The van der Waals surface area contributed by atoms with Gasteiger partial charge in [0.15, 0.2) is 0 Å². The summed E-state index contributed by atoms with van der Waals surface area (Å²) in [5.74, 6) is -0.243. The number of amides is 1. The molecule has 0 N–H and O–H groups in total. The third kappa shape index (κ3) is 2.73. The van der Waals surface area contributed by atoms with Crippen LogP contribution in [0, 0.1) is 6.92 Å². The van der Waals surface area contributed by atoms with Gasteiger partial charge in [0.25, 0.3) is 5.91 Å². The Labute approximate surface area is 134 Å². The molecule has 3 rings (SSSR count). The molecule has 5 nitrogen and oxygen atoms in total. The minimum atomic E-state index is -0.483. The van der Waals surface area contributed by atoms with E-state index in [-0.39, 0.29) is 12.5 Å². The number of hydrogen-bond acceptors (Lipinski definition) is 4. The van der Waals surface area contributed by atoms with E-state index in [0.717, 1.165) is 16.8 Å². The average molecular weight is 308 g/mol. The van der Waals surface area contributed by atoms with E-state index in [2.05, 4.69) is 4.99 Å². The van der Waals surface area contributed by atoms with Crippen LogP contribution in [0.5, 0.6) is 0 Å². The van der Waals surface area contributed by atoms with Crippen molar-refractivity contribution in [3.05, 3.63) is 65.2 Å². The van der Waals surface area contributed by atoms with Gasteiger partial charge in [-0.05, 0) is 24.6 Å². The molecule has 23 heavy (non-hydrogen) atoms. The van der Waals surface area contributed by atoms with E-state index in [1.807, 2.05) is 43.3 Å². The van der Waals surface area contributed by atoms with E-state index < -0.39 is 5.97 Å². The fraction of sp³-hybridized carbons (Fsp3) is 0.167. The Morgan fingerprint density at radius 3 is 2.43 bits per heavy atom. The largest absolute Gasteiger partial charge is 0.468 e. The molecule has 1 aliphatic heterocycles. The Morgan fingerprint density at radius 2 is 1.74 bits per heavy atom. The highest BCUT2D eigenvalue weighted by Gasteiger charge is 2.35. The Bertz CT molecular complexity index is 811. The lowest BCUT2D eigenvalue weighted by Gasteiger charge is -2.16. The molecule has 0 aromatic heterocycles. The van der Waals surface area contributed by atoms with Gasteiger partial charge < -0.3 is 4.74 Å². The molecular weight excluding hydrogens is 292 g/mol. The lowest BCUT2D eigenvalue weighted by molar-refractivity contribution is -0.140. The van der Waals surface area contributed by atoms with Crippen LogP contribution >= 0.6 is 0 Å². The molecule has 2 aromatic rings. The van der Waals surface area contributed by atoms with Gasteiger partial charge >= 0.3 is 5.97 Å². The highest BCUT2D eigenvalue weighted by atomic mass is 16.5. The normalized spacial score (nSPS) is 15.0. The standard InChI is InChI=1S/C18H16N2O3/c1-12-7-3-6-10-15(12)19-17-13-8-4-5-9-14(13)18(22)20(17)11-16(21)23-2/h3-10H,11H2,1-2H3. The van der Waals surface area contributed by atoms with Gasteiger partial charge in [-0.1, -0.05) is 36.4 Å². The Hall–Kier alpha value is -2.95. The van der Waals surface area contributed by atoms with E-state index in [1.54, 1.807) is 12.1 Å². The smallest absolute Gasteiger partial charge is 0.325 e. The Kier molecular flexibility index (Phi) is 3.93. The van der Waals surface area contributed by atoms with Gasteiger partial charge in [-0.3, -0.25) is 14.5 Å². The molecule has 0 saturated carbocycles. The number of aliphatic imine (C=N–C) groups is 1. The van der Waals surface area contributed by atoms with Crippen molar-refractivity contribution in [3.63, 3.8) is 0 Å². The van der Waals surface area contributed by atoms with E-state index in [4.69, 9.17) is 4.74 Å². The molecule has 0 aliphatic carbocycles. The maximum absolute atomic E-state index is 12.6. The molecule has 0 atom stereocenters. The van der Waals surface area contributed by atoms with E-state index in [9.17, 15) is 9.59 Å². The number of rotatable bonds is 3. The van der Waals surface area contributed by atoms with Crippen molar-refractivity contribution in [1.29, 1.82) is 0 Å². The second-order valence-corrected chi connectivity index (χ2v) is 5.23. The highest BCUT2D eigenvalue weighted by Crippen LogP contribution is 2.27. The van der Waals surface area contributed by atoms with Gasteiger partial charge in [-0.15, -0.1) is 0 Å². The zero-order valence-corrected chi connectivity index (χ0v) is 12.9. The highest BCUT2D eigenvalue weighted by molar-refractivity contribution is 6.24. The maximum atomic E-state index is 12.6.